The van der Waals surface area contributed by atoms with E-state index in [0.29, 0.717) is 25.8 Å². The van der Waals surface area contributed by atoms with Gasteiger partial charge in [0, 0.05) is 13.0 Å². The molecule has 0 fully saturated rings. The lowest BCUT2D eigenvalue weighted by Gasteiger charge is -2.09. The number of aliphatic hydroxyl groups is 2. The molecule has 0 saturated heterocycles. The van der Waals surface area contributed by atoms with Gasteiger partial charge in [0.2, 0.25) is 5.91 Å². The monoisotopic (exact) mass is 189 g/mol. The molecule has 0 saturated carbocycles. The molecule has 3 N–H and O–H groups in total. The fourth-order valence-corrected chi connectivity index (χ4v) is 0.804. The van der Waals surface area contributed by atoms with Crippen molar-refractivity contribution in [2.75, 3.05) is 6.54 Å². The number of amides is 1. The highest BCUT2D eigenvalue weighted by molar-refractivity contribution is 5.75. The van der Waals surface area contributed by atoms with E-state index in [1.54, 1.807) is 6.92 Å². The molecule has 0 aromatic carbocycles. The number of carbonyl (C=O) groups excluding carboxylic acids is 1. The van der Waals surface area contributed by atoms with Gasteiger partial charge in [-0.2, -0.15) is 0 Å². The molecular weight excluding hydrogens is 170 g/mol. The standard InChI is InChI=1S/C9H19NO3/c1-3-8(12)6-10-9(13)5-4-7(2)11/h7-8,11-12H,3-6H2,1-2H3,(H,10,13). The Labute approximate surface area is 79.0 Å². The van der Waals surface area contributed by atoms with E-state index < -0.39 is 12.2 Å². The Kier molecular flexibility index (Phi) is 6.54. The summed E-state index contributed by atoms with van der Waals surface area (Å²) in [4.78, 5) is 11.0. The predicted octanol–water partition coefficient (Wildman–Crippen LogP) is 0.0345. The molecule has 2 atom stereocenters. The van der Waals surface area contributed by atoms with Crippen LogP contribution in [-0.2, 0) is 4.79 Å². The molecule has 4 heteroatoms. The van der Waals surface area contributed by atoms with Crippen molar-refractivity contribution in [3.05, 3.63) is 0 Å². The molecule has 0 spiro atoms. The van der Waals surface area contributed by atoms with Crippen LogP contribution in [0, 0.1) is 0 Å². The van der Waals surface area contributed by atoms with Crippen LogP contribution in [0.1, 0.15) is 33.1 Å². The van der Waals surface area contributed by atoms with Crippen LogP contribution in [0.5, 0.6) is 0 Å². The average molecular weight is 189 g/mol. The zero-order valence-electron chi connectivity index (χ0n) is 8.29. The van der Waals surface area contributed by atoms with Crippen LogP contribution in [-0.4, -0.2) is 34.9 Å². The molecule has 0 heterocycles. The van der Waals surface area contributed by atoms with E-state index in [1.807, 2.05) is 6.92 Å². The van der Waals surface area contributed by atoms with E-state index in [-0.39, 0.29) is 5.91 Å². The Morgan fingerprint density at radius 3 is 2.54 bits per heavy atom. The molecule has 2 unspecified atom stereocenters. The molecule has 0 aliphatic carbocycles. The summed E-state index contributed by atoms with van der Waals surface area (Å²) in [7, 11) is 0. The first-order valence-electron chi connectivity index (χ1n) is 4.69. The lowest BCUT2D eigenvalue weighted by Crippen LogP contribution is -2.31. The van der Waals surface area contributed by atoms with Gasteiger partial charge in [-0.1, -0.05) is 6.92 Å². The highest BCUT2D eigenvalue weighted by Gasteiger charge is 2.05. The van der Waals surface area contributed by atoms with Gasteiger partial charge in [-0.3, -0.25) is 4.79 Å². The van der Waals surface area contributed by atoms with Crippen LogP contribution in [0.3, 0.4) is 0 Å². The maximum absolute atomic E-state index is 11.0. The van der Waals surface area contributed by atoms with Gasteiger partial charge in [0.25, 0.3) is 0 Å². The van der Waals surface area contributed by atoms with Crippen LogP contribution < -0.4 is 5.32 Å². The van der Waals surface area contributed by atoms with Crippen molar-refractivity contribution in [3.8, 4) is 0 Å². The first-order chi connectivity index (χ1) is 6.06. The van der Waals surface area contributed by atoms with Gasteiger partial charge in [-0.15, -0.1) is 0 Å². The third-order valence-electron chi connectivity index (χ3n) is 1.80. The lowest BCUT2D eigenvalue weighted by molar-refractivity contribution is -0.122. The minimum absolute atomic E-state index is 0.117. The number of carbonyl (C=O) groups is 1. The SMILES string of the molecule is CCC(O)CNC(=O)CCC(C)O. The molecule has 0 rings (SSSR count). The molecule has 13 heavy (non-hydrogen) atoms. The van der Waals surface area contributed by atoms with Crippen molar-refractivity contribution in [2.45, 2.75) is 45.3 Å². The number of nitrogens with one attached hydrogen (secondary N) is 1. The summed E-state index contributed by atoms with van der Waals surface area (Å²) in [6.45, 7) is 3.80. The fraction of sp³-hybridized carbons (Fsp3) is 0.889. The van der Waals surface area contributed by atoms with Crippen molar-refractivity contribution in [1.29, 1.82) is 0 Å². The second kappa shape index (κ2) is 6.86. The molecule has 78 valence electrons. The smallest absolute Gasteiger partial charge is 0.220 e. The molecule has 0 radical (unpaired) electrons. The minimum atomic E-state index is -0.463. The first-order valence-corrected chi connectivity index (χ1v) is 4.69. The fourth-order valence-electron chi connectivity index (χ4n) is 0.804. The van der Waals surface area contributed by atoms with Gasteiger partial charge < -0.3 is 15.5 Å². The van der Waals surface area contributed by atoms with E-state index in [1.165, 1.54) is 0 Å². The third-order valence-corrected chi connectivity index (χ3v) is 1.80. The van der Waals surface area contributed by atoms with Crippen molar-refractivity contribution in [3.63, 3.8) is 0 Å². The average Bonchev–Trinajstić information content (AvgIpc) is 2.10. The van der Waals surface area contributed by atoms with E-state index in [4.69, 9.17) is 10.2 Å². The van der Waals surface area contributed by atoms with Crippen molar-refractivity contribution < 1.29 is 15.0 Å². The van der Waals surface area contributed by atoms with E-state index in [9.17, 15) is 4.79 Å². The largest absolute Gasteiger partial charge is 0.393 e. The maximum Gasteiger partial charge on any atom is 0.220 e. The summed E-state index contributed by atoms with van der Waals surface area (Å²) in [5.74, 6) is -0.117. The molecule has 0 aromatic rings. The van der Waals surface area contributed by atoms with Gasteiger partial charge in [-0.25, -0.2) is 0 Å². The molecule has 0 aromatic heterocycles. The van der Waals surface area contributed by atoms with Crippen molar-refractivity contribution in [1.82, 2.24) is 5.32 Å². The Morgan fingerprint density at radius 2 is 2.08 bits per heavy atom. The minimum Gasteiger partial charge on any atom is -0.393 e. The van der Waals surface area contributed by atoms with Crippen molar-refractivity contribution >= 4 is 5.91 Å². The highest BCUT2D eigenvalue weighted by atomic mass is 16.3. The summed E-state index contributed by atoms with van der Waals surface area (Å²) in [5.41, 5.74) is 0. The van der Waals surface area contributed by atoms with Crippen LogP contribution in [0.4, 0.5) is 0 Å². The molecule has 1 amide bonds. The Bertz CT molecular complexity index is 148. The molecular formula is C9H19NO3. The Balaban J connectivity index is 3.40. The van der Waals surface area contributed by atoms with Gasteiger partial charge >= 0.3 is 0 Å². The summed E-state index contributed by atoms with van der Waals surface area (Å²) < 4.78 is 0. The topological polar surface area (TPSA) is 69.6 Å². The first kappa shape index (κ1) is 12.4. The second-order valence-corrected chi connectivity index (χ2v) is 3.25. The zero-order chi connectivity index (χ0) is 10.3. The van der Waals surface area contributed by atoms with Gasteiger partial charge in [0.1, 0.15) is 0 Å². The summed E-state index contributed by atoms with van der Waals surface area (Å²) in [5, 5.41) is 20.6. The van der Waals surface area contributed by atoms with Crippen molar-refractivity contribution in [2.24, 2.45) is 0 Å². The summed E-state index contributed by atoms with van der Waals surface area (Å²) in [6, 6.07) is 0. The van der Waals surface area contributed by atoms with E-state index in [2.05, 4.69) is 5.32 Å². The number of aliphatic hydroxyl groups excluding tert-OH is 2. The Hall–Kier alpha value is -0.610. The van der Waals surface area contributed by atoms with Crippen LogP contribution >= 0.6 is 0 Å². The molecule has 4 nitrogen and oxygen atoms in total. The third kappa shape index (κ3) is 7.74. The van der Waals surface area contributed by atoms with E-state index >= 15 is 0 Å². The molecule has 0 aliphatic heterocycles. The van der Waals surface area contributed by atoms with Crippen LogP contribution in [0.2, 0.25) is 0 Å². The second-order valence-electron chi connectivity index (χ2n) is 3.25. The summed E-state index contributed by atoms with van der Waals surface area (Å²) in [6.07, 6.45) is 0.510. The number of hydrogen-bond donors (Lipinski definition) is 3. The summed E-state index contributed by atoms with van der Waals surface area (Å²) >= 11 is 0. The quantitative estimate of drug-likeness (QED) is 0.552. The molecule has 0 bridgehead atoms. The van der Waals surface area contributed by atoms with Gasteiger partial charge in [0.15, 0.2) is 0 Å². The van der Waals surface area contributed by atoms with Crippen LogP contribution in [0.25, 0.3) is 0 Å². The Morgan fingerprint density at radius 1 is 1.46 bits per heavy atom. The van der Waals surface area contributed by atoms with Gasteiger partial charge in [-0.05, 0) is 19.8 Å². The molecule has 0 aliphatic rings. The maximum atomic E-state index is 11.0. The highest BCUT2D eigenvalue weighted by Crippen LogP contribution is 1.95. The zero-order valence-corrected chi connectivity index (χ0v) is 8.29. The number of rotatable bonds is 6. The number of hydrogen-bond acceptors (Lipinski definition) is 3. The lowest BCUT2D eigenvalue weighted by atomic mass is 10.2. The van der Waals surface area contributed by atoms with E-state index in [0.717, 1.165) is 0 Å². The van der Waals surface area contributed by atoms with Crippen LogP contribution in [0.15, 0.2) is 0 Å². The van der Waals surface area contributed by atoms with Gasteiger partial charge in [0.05, 0.1) is 12.2 Å². The normalized spacial score (nSPS) is 15.1. The predicted molar refractivity (Wildman–Crippen MR) is 50.2 cm³/mol.